The largest absolute Gasteiger partial charge is 0.396 e. The summed E-state index contributed by atoms with van der Waals surface area (Å²) < 4.78 is 0. The molecule has 0 aromatic heterocycles. The van der Waals surface area contributed by atoms with Crippen LogP contribution in [0.4, 0.5) is 0 Å². The van der Waals surface area contributed by atoms with Gasteiger partial charge in [0.25, 0.3) is 0 Å². The van der Waals surface area contributed by atoms with Crippen LogP contribution in [0.2, 0.25) is 0 Å². The van der Waals surface area contributed by atoms with E-state index in [2.05, 4.69) is 14.5 Å². The third kappa shape index (κ3) is 4.47. The van der Waals surface area contributed by atoms with Gasteiger partial charge in [0.15, 0.2) is 0 Å². The number of aliphatic hydroxyl groups is 2. The van der Waals surface area contributed by atoms with Gasteiger partial charge in [0.05, 0.1) is 6.10 Å². The summed E-state index contributed by atoms with van der Waals surface area (Å²) >= 11 is 0. The van der Waals surface area contributed by atoms with Crippen molar-refractivity contribution in [2.75, 3.05) is 13.2 Å². The molecule has 0 amide bonds. The molecule has 50 valence electrons. The fraction of sp³-hybridized carbons (Fsp3) is 1.00. The Morgan fingerprint density at radius 1 is 1.62 bits per heavy atom. The molecular weight excluding hydrogens is 125 g/mol. The number of nitrogens with one attached hydrogen (secondary N) is 1. The van der Waals surface area contributed by atoms with E-state index in [1.165, 1.54) is 0 Å². The van der Waals surface area contributed by atoms with E-state index < -0.39 is 6.10 Å². The van der Waals surface area contributed by atoms with Crippen LogP contribution in [-0.4, -0.2) is 29.5 Å². The molecule has 0 aromatic carbocycles. The van der Waals surface area contributed by atoms with E-state index in [0.717, 1.165) is 0 Å². The zero-order valence-electron chi connectivity index (χ0n) is 4.67. The molecule has 3 nitrogen and oxygen atoms in total. The van der Waals surface area contributed by atoms with Gasteiger partial charge in [0.2, 0.25) is 0 Å². The van der Waals surface area contributed by atoms with E-state index in [1.54, 1.807) is 0 Å². The van der Waals surface area contributed by atoms with Crippen molar-refractivity contribution in [3.8, 4) is 0 Å². The van der Waals surface area contributed by atoms with Gasteiger partial charge >= 0.3 is 0 Å². The number of hydrogen-bond acceptors (Lipinski definition) is 3. The summed E-state index contributed by atoms with van der Waals surface area (Å²) in [5.74, 6) is 0. The highest BCUT2D eigenvalue weighted by molar-refractivity contribution is 7.13. The lowest BCUT2D eigenvalue weighted by Gasteiger charge is -2.05. The molecule has 0 bridgehead atoms. The Labute approximate surface area is 51.4 Å². The average Bonchev–Trinajstić information content (AvgIpc) is 1.68. The van der Waals surface area contributed by atoms with Gasteiger partial charge in [-0.2, -0.15) is 0 Å². The summed E-state index contributed by atoms with van der Waals surface area (Å²) in [5.41, 5.74) is 0. The van der Waals surface area contributed by atoms with Crippen LogP contribution in [0.5, 0.6) is 0 Å². The lowest BCUT2D eigenvalue weighted by Crippen LogP contribution is -2.20. The maximum Gasteiger partial charge on any atom is 0.0689 e. The van der Waals surface area contributed by atoms with Crippen LogP contribution in [0.15, 0.2) is 0 Å². The van der Waals surface area contributed by atoms with Gasteiger partial charge in [-0.25, -0.2) is 0 Å². The average molecular weight is 137 g/mol. The maximum atomic E-state index is 8.81. The predicted octanol–water partition coefficient (Wildman–Crippen LogP) is -0.891. The van der Waals surface area contributed by atoms with Crippen molar-refractivity contribution < 1.29 is 10.2 Å². The van der Waals surface area contributed by atoms with Gasteiger partial charge in [-0.05, 0) is 6.42 Å². The Bertz CT molecular complexity index is 47.3. The molecule has 0 aliphatic rings. The van der Waals surface area contributed by atoms with Gasteiger partial charge in [-0.15, -0.1) is 0 Å². The first-order valence-electron chi connectivity index (χ1n) is 2.53. The fourth-order valence-corrected chi connectivity index (χ4v) is 0.659. The number of hydrogen-bond donors (Lipinski definition) is 3. The molecular formula is C4H12NO2P. The Hall–Kier alpha value is 0.310. The van der Waals surface area contributed by atoms with E-state index >= 15 is 0 Å². The number of aliphatic hydroxyl groups excluding tert-OH is 2. The molecule has 0 spiro atoms. The molecule has 3 N–H and O–H groups in total. The Balaban J connectivity index is 2.92. The molecule has 8 heavy (non-hydrogen) atoms. The van der Waals surface area contributed by atoms with Crippen molar-refractivity contribution in [1.29, 1.82) is 0 Å². The Morgan fingerprint density at radius 3 is 2.62 bits per heavy atom. The quantitative estimate of drug-likeness (QED) is 0.440. The highest BCUT2D eigenvalue weighted by Crippen LogP contribution is 1.87. The molecule has 0 aliphatic heterocycles. The van der Waals surface area contributed by atoms with Crippen LogP contribution in [0.3, 0.4) is 0 Å². The Kier molecular flexibility index (Phi) is 5.66. The molecule has 4 heteroatoms. The summed E-state index contributed by atoms with van der Waals surface area (Å²) in [4.78, 5) is 0. The van der Waals surface area contributed by atoms with Gasteiger partial charge in [0, 0.05) is 13.2 Å². The van der Waals surface area contributed by atoms with Crippen LogP contribution in [0.25, 0.3) is 0 Å². The summed E-state index contributed by atoms with van der Waals surface area (Å²) in [7, 11) is 2.28. The van der Waals surface area contributed by atoms with Crippen LogP contribution in [-0.2, 0) is 0 Å². The van der Waals surface area contributed by atoms with E-state index in [-0.39, 0.29) is 6.61 Å². The van der Waals surface area contributed by atoms with Gasteiger partial charge in [-0.3, -0.25) is 5.09 Å². The molecule has 0 saturated heterocycles. The van der Waals surface area contributed by atoms with Crippen molar-refractivity contribution in [1.82, 2.24) is 5.09 Å². The molecule has 0 aromatic rings. The SMILES string of the molecule is OCCC(O)CNP. The standard InChI is InChI=1S/C4H12NO2P/c6-2-1-4(7)3-5-8/h4-7H,1-3,8H2. The zero-order valence-corrected chi connectivity index (χ0v) is 5.83. The Morgan fingerprint density at radius 2 is 2.25 bits per heavy atom. The molecule has 2 unspecified atom stereocenters. The van der Waals surface area contributed by atoms with E-state index in [1.807, 2.05) is 0 Å². The summed E-state index contributed by atoms with van der Waals surface area (Å²) in [6.07, 6.45) is 0.0269. The van der Waals surface area contributed by atoms with Gasteiger partial charge < -0.3 is 10.2 Å². The van der Waals surface area contributed by atoms with E-state index in [9.17, 15) is 0 Å². The minimum atomic E-state index is -0.419. The third-order valence-corrected chi connectivity index (χ3v) is 1.05. The van der Waals surface area contributed by atoms with Crippen LogP contribution in [0, 0.1) is 0 Å². The zero-order chi connectivity index (χ0) is 6.41. The van der Waals surface area contributed by atoms with Crippen molar-refractivity contribution >= 4 is 9.39 Å². The third-order valence-electron chi connectivity index (χ3n) is 0.816. The second-order valence-electron chi connectivity index (χ2n) is 1.57. The second-order valence-corrected chi connectivity index (χ2v) is 1.98. The van der Waals surface area contributed by atoms with Crippen molar-refractivity contribution in [2.24, 2.45) is 0 Å². The normalized spacial score (nSPS) is 13.9. The first-order valence-corrected chi connectivity index (χ1v) is 3.11. The van der Waals surface area contributed by atoms with Crippen LogP contribution in [0.1, 0.15) is 6.42 Å². The first-order chi connectivity index (χ1) is 3.81. The van der Waals surface area contributed by atoms with Crippen molar-refractivity contribution in [2.45, 2.75) is 12.5 Å². The summed E-state index contributed by atoms with van der Waals surface area (Å²) in [6.45, 7) is 0.568. The molecule has 2 atom stereocenters. The van der Waals surface area contributed by atoms with E-state index in [0.29, 0.717) is 13.0 Å². The highest BCUT2D eigenvalue weighted by atomic mass is 31.0. The predicted molar refractivity (Wildman–Crippen MR) is 35.4 cm³/mol. The molecule has 0 heterocycles. The van der Waals surface area contributed by atoms with Crippen LogP contribution >= 0.6 is 9.39 Å². The first kappa shape index (κ1) is 8.31. The maximum absolute atomic E-state index is 8.81. The summed E-state index contributed by atoms with van der Waals surface area (Å²) in [6, 6.07) is 0. The van der Waals surface area contributed by atoms with Gasteiger partial charge in [-0.1, -0.05) is 9.39 Å². The molecule has 0 fully saturated rings. The molecule has 0 rings (SSSR count). The second kappa shape index (κ2) is 5.45. The minimum absolute atomic E-state index is 0.0491. The molecule has 0 radical (unpaired) electrons. The lowest BCUT2D eigenvalue weighted by atomic mass is 10.3. The fourth-order valence-electron chi connectivity index (χ4n) is 0.387. The van der Waals surface area contributed by atoms with Crippen molar-refractivity contribution in [3.05, 3.63) is 0 Å². The van der Waals surface area contributed by atoms with Crippen LogP contribution < -0.4 is 5.09 Å². The topological polar surface area (TPSA) is 52.5 Å². The molecule has 0 saturated carbocycles. The van der Waals surface area contributed by atoms with E-state index in [4.69, 9.17) is 10.2 Å². The molecule has 0 aliphatic carbocycles. The highest BCUT2D eigenvalue weighted by Gasteiger charge is 1.98. The lowest BCUT2D eigenvalue weighted by molar-refractivity contribution is 0.137. The monoisotopic (exact) mass is 137 g/mol. The number of rotatable bonds is 4. The van der Waals surface area contributed by atoms with Gasteiger partial charge in [0.1, 0.15) is 0 Å². The van der Waals surface area contributed by atoms with Crippen molar-refractivity contribution in [3.63, 3.8) is 0 Å². The smallest absolute Gasteiger partial charge is 0.0689 e. The summed E-state index contributed by atoms with van der Waals surface area (Å²) in [5, 5.41) is 19.8. The minimum Gasteiger partial charge on any atom is -0.396 e.